The van der Waals surface area contributed by atoms with Crippen LogP contribution in [0.15, 0.2) is 72.8 Å². The molecule has 0 aliphatic rings. The largest absolute Gasteiger partial charge is 0.497 e. The summed E-state index contributed by atoms with van der Waals surface area (Å²) in [6, 6.07) is 23.5. The fourth-order valence-corrected chi connectivity index (χ4v) is 3.10. The summed E-state index contributed by atoms with van der Waals surface area (Å²) in [5, 5.41) is 3.39. The molecular weight excluding hydrogens is 364 g/mol. The van der Waals surface area contributed by atoms with Crippen molar-refractivity contribution in [2.24, 2.45) is 0 Å². The molecule has 0 amide bonds. The first-order valence-corrected chi connectivity index (χ1v) is 9.23. The van der Waals surface area contributed by atoms with Crippen molar-refractivity contribution in [2.45, 2.75) is 0 Å². The zero-order valence-corrected chi connectivity index (χ0v) is 16.6. The molecule has 1 heterocycles. The topological polar surface area (TPSA) is 59.5 Å². The Morgan fingerprint density at radius 1 is 0.759 bits per heavy atom. The van der Waals surface area contributed by atoms with Crippen molar-refractivity contribution in [3.05, 3.63) is 72.8 Å². The van der Waals surface area contributed by atoms with Crippen LogP contribution in [0.1, 0.15) is 0 Å². The smallest absolute Gasteiger partial charge is 0.177 e. The van der Waals surface area contributed by atoms with E-state index in [0.717, 1.165) is 28.2 Å². The van der Waals surface area contributed by atoms with Crippen LogP contribution in [0.25, 0.3) is 11.0 Å². The number of hydrogen-bond donors (Lipinski definition) is 1. The Morgan fingerprint density at radius 3 is 1.97 bits per heavy atom. The number of rotatable bonds is 6. The highest BCUT2D eigenvalue weighted by atomic mass is 16.5. The highest BCUT2D eigenvalue weighted by Gasteiger charge is 2.15. The second-order valence-electron chi connectivity index (χ2n) is 6.51. The van der Waals surface area contributed by atoms with Gasteiger partial charge in [-0.2, -0.15) is 0 Å². The molecule has 1 N–H and O–H groups in total. The Labute approximate surface area is 169 Å². The maximum Gasteiger partial charge on any atom is 0.177 e. The molecule has 0 bridgehead atoms. The van der Waals surface area contributed by atoms with Crippen molar-refractivity contribution in [3.8, 4) is 11.5 Å². The normalized spacial score (nSPS) is 10.6. The number of nitrogens with one attached hydrogen (secondary N) is 1. The van der Waals surface area contributed by atoms with E-state index in [4.69, 9.17) is 19.4 Å². The summed E-state index contributed by atoms with van der Waals surface area (Å²) < 4.78 is 10.8. The summed E-state index contributed by atoms with van der Waals surface area (Å²) in [6.45, 7) is 0. The van der Waals surface area contributed by atoms with Gasteiger partial charge in [-0.05, 0) is 24.3 Å². The summed E-state index contributed by atoms with van der Waals surface area (Å²) in [7, 11) is 5.23. The lowest BCUT2D eigenvalue weighted by Gasteiger charge is -2.22. The molecule has 6 nitrogen and oxygen atoms in total. The van der Waals surface area contributed by atoms with E-state index in [-0.39, 0.29) is 0 Å². The number of ether oxygens (including phenoxy) is 2. The molecule has 1 aromatic heterocycles. The minimum Gasteiger partial charge on any atom is -0.497 e. The van der Waals surface area contributed by atoms with Gasteiger partial charge in [0.1, 0.15) is 11.5 Å². The number of benzene rings is 3. The van der Waals surface area contributed by atoms with Gasteiger partial charge in [-0.1, -0.05) is 30.3 Å². The third-order valence-electron chi connectivity index (χ3n) is 4.63. The summed E-state index contributed by atoms with van der Waals surface area (Å²) in [5.41, 5.74) is 3.46. The van der Waals surface area contributed by atoms with Crippen LogP contribution in [0.2, 0.25) is 0 Å². The third kappa shape index (κ3) is 3.91. The molecule has 0 aliphatic carbocycles. The molecule has 0 saturated carbocycles. The Hall–Kier alpha value is -3.80. The van der Waals surface area contributed by atoms with Crippen LogP contribution in [-0.2, 0) is 0 Å². The molecule has 4 rings (SSSR count). The monoisotopic (exact) mass is 386 g/mol. The number of methoxy groups -OCH3 is 2. The molecule has 0 saturated heterocycles. The van der Waals surface area contributed by atoms with Gasteiger partial charge in [0.2, 0.25) is 0 Å². The predicted molar refractivity (Wildman–Crippen MR) is 117 cm³/mol. The predicted octanol–water partition coefficient (Wildman–Crippen LogP) is 5.16. The van der Waals surface area contributed by atoms with Gasteiger partial charge in [0.05, 0.1) is 25.3 Å². The number of para-hydroxylation sites is 3. The average molecular weight is 386 g/mol. The van der Waals surface area contributed by atoms with E-state index in [9.17, 15) is 0 Å². The summed E-state index contributed by atoms with van der Waals surface area (Å²) >= 11 is 0. The molecule has 3 aromatic carbocycles. The maximum atomic E-state index is 5.39. The molecule has 6 heteroatoms. The van der Waals surface area contributed by atoms with Crippen LogP contribution in [0.3, 0.4) is 0 Å². The van der Waals surface area contributed by atoms with Crippen LogP contribution >= 0.6 is 0 Å². The number of hydrogen-bond acceptors (Lipinski definition) is 6. The van der Waals surface area contributed by atoms with E-state index in [0.29, 0.717) is 17.3 Å². The van der Waals surface area contributed by atoms with Crippen molar-refractivity contribution in [1.82, 2.24) is 9.97 Å². The Bertz CT molecular complexity index is 1110. The van der Waals surface area contributed by atoms with Crippen LogP contribution in [0, 0.1) is 0 Å². The standard InChI is InChI=1S/C23H22N4O2/c1-27(17-9-5-4-6-10-17)23-22(25-20-11-7-8-12-21(20)26-23)24-16-13-18(28-2)15-19(14-16)29-3/h4-15H,1-3H3,(H,24,25). The molecule has 0 radical (unpaired) electrons. The van der Waals surface area contributed by atoms with Gasteiger partial charge < -0.3 is 19.7 Å². The summed E-state index contributed by atoms with van der Waals surface area (Å²) in [6.07, 6.45) is 0. The van der Waals surface area contributed by atoms with Crippen LogP contribution in [-0.4, -0.2) is 31.2 Å². The Balaban J connectivity index is 1.82. The van der Waals surface area contributed by atoms with E-state index in [1.165, 1.54) is 0 Å². The Kier molecular flexibility index (Phi) is 5.16. The second kappa shape index (κ2) is 8.06. The molecule has 0 spiro atoms. The third-order valence-corrected chi connectivity index (χ3v) is 4.63. The minimum absolute atomic E-state index is 0.644. The highest BCUT2D eigenvalue weighted by Crippen LogP contribution is 2.33. The molecule has 0 fully saturated rings. The molecule has 0 unspecified atom stereocenters. The van der Waals surface area contributed by atoms with Gasteiger partial charge in [-0.25, -0.2) is 9.97 Å². The molecule has 4 aromatic rings. The van der Waals surface area contributed by atoms with Crippen molar-refractivity contribution >= 4 is 34.0 Å². The van der Waals surface area contributed by atoms with Crippen molar-refractivity contribution in [1.29, 1.82) is 0 Å². The van der Waals surface area contributed by atoms with Gasteiger partial charge in [0.15, 0.2) is 11.6 Å². The number of nitrogens with zero attached hydrogens (tertiary/aromatic N) is 3. The van der Waals surface area contributed by atoms with Crippen molar-refractivity contribution < 1.29 is 9.47 Å². The van der Waals surface area contributed by atoms with Crippen LogP contribution in [0.4, 0.5) is 23.0 Å². The first kappa shape index (κ1) is 18.6. The van der Waals surface area contributed by atoms with Crippen molar-refractivity contribution in [2.75, 3.05) is 31.5 Å². The van der Waals surface area contributed by atoms with Gasteiger partial charge in [0.25, 0.3) is 0 Å². The maximum absolute atomic E-state index is 5.39. The van der Waals surface area contributed by atoms with Crippen LogP contribution < -0.4 is 19.7 Å². The van der Waals surface area contributed by atoms with E-state index >= 15 is 0 Å². The SMILES string of the molecule is COc1cc(Nc2nc3ccccc3nc2N(C)c2ccccc2)cc(OC)c1. The van der Waals surface area contributed by atoms with Gasteiger partial charge in [0, 0.05) is 36.6 Å². The van der Waals surface area contributed by atoms with E-state index in [1.807, 2.05) is 84.7 Å². The fraction of sp³-hybridized carbons (Fsp3) is 0.130. The number of aromatic nitrogens is 2. The molecule has 146 valence electrons. The van der Waals surface area contributed by atoms with E-state index in [2.05, 4.69) is 5.32 Å². The fourth-order valence-electron chi connectivity index (χ4n) is 3.10. The summed E-state index contributed by atoms with van der Waals surface area (Å²) in [4.78, 5) is 11.7. The number of fused-ring (bicyclic) bond motifs is 1. The molecule has 0 atom stereocenters. The summed E-state index contributed by atoms with van der Waals surface area (Å²) in [5.74, 6) is 2.75. The lowest BCUT2D eigenvalue weighted by molar-refractivity contribution is 0.395. The van der Waals surface area contributed by atoms with Crippen molar-refractivity contribution in [3.63, 3.8) is 0 Å². The zero-order valence-electron chi connectivity index (χ0n) is 16.6. The first-order valence-electron chi connectivity index (χ1n) is 9.23. The van der Waals surface area contributed by atoms with E-state index < -0.39 is 0 Å². The van der Waals surface area contributed by atoms with Gasteiger partial charge >= 0.3 is 0 Å². The lowest BCUT2D eigenvalue weighted by Crippen LogP contribution is -2.14. The molecule has 29 heavy (non-hydrogen) atoms. The Morgan fingerprint density at radius 2 is 1.34 bits per heavy atom. The van der Waals surface area contributed by atoms with Crippen LogP contribution in [0.5, 0.6) is 11.5 Å². The minimum atomic E-state index is 0.644. The van der Waals surface area contributed by atoms with Gasteiger partial charge in [-0.3, -0.25) is 0 Å². The quantitative estimate of drug-likeness (QED) is 0.494. The highest BCUT2D eigenvalue weighted by molar-refractivity contribution is 5.84. The average Bonchev–Trinajstić information content (AvgIpc) is 2.78. The lowest BCUT2D eigenvalue weighted by atomic mass is 10.2. The zero-order chi connectivity index (χ0) is 20.2. The van der Waals surface area contributed by atoms with E-state index in [1.54, 1.807) is 14.2 Å². The number of anilines is 4. The van der Waals surface area contributed by atoms with Gasteiger partial charge in [-0.15, -0.1) is 0 Å². The second-order valence-corrected chi connectivity index (χ2v) is 6.51. The molecule has 0 aliphatic heterocycles. The molecular formula is C23H22N4O2. The first-order chi connectivity index (χ1) is 14.2.